The summed E-state index contributed by atoms with van der Waals surface area (Å²) in [6.45, 7) is 3.50. The van der Waals surface area contributed by atoms with Gasteiger partial charge in [0.2, 0.25) is 0 Å². The summed E-state index contributed by atoms with van der Waals surface area (Å²) in [5.74, 6) is -0.260. The fraction of sp³-hybridized carbons (Fsp3) is 0.350. The molecule has 1 aliphatic rings. The zero-order valence-electron chi connectivity index (χ0n) is 14.4. The second-order valence-corrected chi connectivity index (χ2v) is 6.22. The van der Waals surface area contributed by atoms with Gasteiger partial charge in [-0.2, -0.15) is 0 Å². The van der Waals surface area contributed by atoms with E-state index in [0.29, 0.717) is 25.1 Å². The van der Waals surface area contributed by atoms with Crippen LogP contribution in [0.4, 0.5) is 0 Å². The van der Waals surface area contributed by atoms with Gasteiger partial charge in [-0.25, -0.2) is 0 Å². The van der Waals surface area contributed by atoms with Crippen molar-refractivity contribution >= 4 is 5.91 Å². The number of benzene rings is 2. The van der Waals surface area contributed by atoms with E-state index in [1.807, 2.05) is 37.3 Å². The SMILES string of the molecule is CCc1c(O)cc(O)c(C(=O)N2CCCC2)c1OCc1ccccc1. The molecule has 1 aliphatic heterocycles. The molecule has 3 rings (SSSR count). The van der Waals surface area contributed by atoms with Crippen molar-refractivity contribution in [2.75, 3.05) is 13.1 Å². The van der Waals surface area contributed by atoms with Crippen LogP contribution in [0.25, 0.3) is 0 Å². The first-order valence-electron chi connectivity index (χ1n) is 8.65. The first-order valence-corrected chi connectivity index (χ1v) is 8.65. The lowest BCUT2D eigenvalue weighted by Crippen LogP contribution is -2.28. The number of rotatable bonds is 5. The summed E-state index contributed by atoms with van der Waals surface area (Å²) < 4.78 is 5.92. The lowest BCUT2D eigenvalue weighted by atomic mass is 10.0. The fourth-order valence-electron chi connectivity index (χ4n) is 3.19. The van der Waals surface area contributed by atoms with Gasteiger partial charge in [-0.05, 0) is 24.8 Å². The number of phenols is 2. The minimum atomic E-state index is -0.243. The predicted octanol–water partition coefficient (Wildman–Crippen LogP) is 3.48. The van der Waals surface area contributed by atoms with E-state index in [1.54, 1.807) is 4.90 Å². The van der Waals surface area contributed by atoms with Gasteiger partial charge in [0.15, 0.2) is 0 Å². The average Bonchev–Trinajstić information content (AvgIpc) is 3.15. The largest absolute Gasteiger partial charge is 0.507 e. The maximum absolute atomic E-state index is 12.9. The summed E-state index contributed by atoms with van der Waals surface area (Å²) in [6, 6.07) is 10.8. The third-order valence-corrected chi connectivity index (χ3v) is 4.53. The summed E-state index contributed by atoms with van der Waals surface area (Å²) in [7, 11) is 0. The van der Waals surface area contributed by atoms with Crippen LogP contribution in [0.5, 0.6) is 17.2 Å². The number of phenolic OH excluding ortho intramolecular Hbond substituents is 2. The zero-order chi connectivity index (χ0) is 17.8. The Balaban J connectivity index is 1.98. The van der Waals surface area contributed by atoms with Gasteiger partial charge in [-0.1, -0.05) is 37.3 Å². The van der Waals surface area contributed by atoms with E-state index >= 15 is 0 Å². The van der Waals surface area contributed by atoms with Crippen molar-refractivity contribution in [2.45, 2.75) is 32.8 Å². The first-order chi connectivity index (χ1) is 12.1. The molecule has 0 saturated carbocycles. The van der Waals surface area contributed by atoms with Crippen molar-refractivity contribution in [3.63, 3.8) is 0 Å². The second kappa shape index (κ2) is 7.47. The summed E-state index contributed by atoms with van der Waals surface area (Å²) in [4.78, 5) is 14.6. The number of carbonyl (C=O) groups is 1. The van der Waals surface area contributed by atoms with Crippen LogP contribution in [0, 0.1) is 0 Å². The van der Waals surface area contributed by atoms with Gasteiger partial charge >= 0.3 is 0 Å². The Morgan fingerprint density at radius 2 is 1.80 bits per heavy atom. The van der Waals surface area contributed by atoms with Gasteiger partial charge in [-0.3, -0.25) is 4.79 Å². The van der Waals surface area contributed by atoms with Gasteiger partial charge in [0.05, 0.1) is 0 Å². The molecular formula is C20H23NO4. The van der Waals surface area contributed by atoms with Crippen LogP contribution in [-0.2, 0) is 13.0 Å². The highest BCUT2D eigenvalue weighted by atomic mass is 16.5. The van der Waals surface area contributed by atoms with Crippen molar-refractivity contribution in [3.05, 3.63) is 53.1 Å². The Morgan fingerprint density at radius 1 is 1.12 bits per heavy atom. The highest BCUT2D eigenvalue weighted by Crippen LogP contribution is 2.40. The maximum atomic E-state index is 12.9. The summed E-state index contributed by atoms with van der Waals surface area (Å²) in [5.41, 5.74) is 1.63. The zero-order valence-corrected chi connectivity index (χ0v) is 14.4. The quantitative estimate of drug-likeness (QED) is 0.873. The Kier molecular flexibility index (Phi) is 5.12. The molecule has 0 spiro atoms. The van der Waals surface area contributed by atoms with Crippen LogP contribution in [0.1, 0.15) is 41.3 Å². The van der Waals surface area contributed by atoms with Crippen LogP contribution in [0.15, 0.2) is 36.4 Å². The van der Waals surface area contributed by atoms with Gasteiger partial charge in [0.1, 0.15) is 29.4 Å². The van der Waals surface area contributed by atoms with Crippen molar-refractivity contribution in [3.8, 4) is 17.2 Å². The van der Waals surface area contributed by atoms with E-state index in [0.717, 1.165) is 18.4 Å². The van der Waals surface area contributed by atoms with E-state index in [9.17, 15) is 15.0 Å². The Morgan fingerprint density at radius 3 is 2.44 bits per heavy atom. The number of ether oxygens (including phenoxy) is 1. The summed E-state index contributed by atoms with van der Waals surface area (Å²) in [6.07, 6.45) is 2.42. The molecule has 1 amide bonds. The molecule has 0 radical (unpaired) electrons. The lowest BCUT2D eigenvalue weighted by Gasteiger charge is -2.21. The van der Waals surface area contributed by atoms with Crippen LogP contribution in [0.2, 0.25) is 0 Å². The van der Waals surface area contributed by atoms with Crippen molar-refractivity contribution < 1.29 is 19.7 Å². The number of carbonyl (C=O) groups excluding carboxylic acids is 1. The number of aromatic hydroxyl groups is 2. The minimum absolute atomic E-state index is 0.0546. The van der Waals surface area contributed by atoms with Crippen LogP contribution in [-0.4, -0.2) is 34.1 Å². The molecule has 0 aromatic heterocycles. The molecule has 1 heterocycles. The standard InChI is InChI=1S/C20H23NO4/c1-2-15-16(22)12-17(23)18(20(24)21-10-6-7-11-21)19(15)25-13-14-8-4-3-5-9-14/h3-5,8-9,12,22-23H,2,6-7,10-11,13H2,1H3. The van der Waals surface area contributed by atoms with Gasteiger partial charge in [0.25, 0.3) is 5.91 Å². The Labute approximate surface area is 147 Å². The third-order valence-electron chi connectivity index (χ3n) is 4.53. The normalized spacial score (nSPS) is 13.9. The van der Waals surface area contributed by atoms with E-state index in [-0.39, 0.29) is 35.3 Å². The summed E-state index contributed by atoms with van der Waals surface area (Å²) in [5, 5.41) is 20.5. The molecule has 25 heavy (non-hydrogen) atoms. The molecule has 5 heteroatoms. The van der Waals surface area contributed by atoms with E-state index in [1.165, 1.54) is 6.07 Å². The number of nitrogens with zero attached hydrogens (tertiary/aromatic N) is 1. The molecule has 1 fully saturated rings. The highest BCUT2D eigenvalue weighted by molar-refractivity contribution is 6.00. The van der Waals surface area contributed by atoms with Crippen molar-refractivity contribution in [1.82, 2.24) is 4.90 Å². The molecule has 0 atom stereocenters. The molecule has 132 valence electrons. The first kappa shape index (κ1) is 17.1. The van der Waals surface area contributed by atoms with Gasteiger partial charge in [0, 0.05) is 24.7 Å². The van der Waals surface area contributed by atoms with Gasteiger partial charge < -0.3 is 19.8 Å². The van der Waals surface area contributed by atoms with Crippen LogP contribution < -0.4 is 4.74 Å². The van der Waals surface area contributed by atoms with E-state index in [4.69, 9.17) is 4.74 Å². The monoisotopic (exact) mass is 341 g/mol. The molecule has 2 N–H and O–H groups in total. The molecule has 5 nitrogen and oxygen atoms in total. The van der Waals surface area contributed by atoms with Crippen molar-refractivity contribution in [2.24, 2.45) is 0 Å². The van der Waals surface area contributed by atoms with Crippen molar-refractivity contribution in [1.29, 1.82) is 0 Å². The van der Waals surface area contributed by atoms with Crippen LogP contribution in [0.3, 0.4) is 0 Å². The summed E-state index contributed by atoms with van der Waals surface area (Å²) >= 11 is 0. The number of hydrogen-bond donors (Lipinski definition) is 2. The number of likely N-dealkylation sites (tertiary alicyclic amines) is 1. The third kappa shape index (κ3) is 3.55. The molecule has 2 aromatic carbocycles. The van der Waals surface area contributed by atoms with E-state index in [2.05, 4.69) is 0 Å². The lowest BCUT2D eigenvalue weighted by molar-refractivity contribution is 0.0784. The Hall–Kier alpha value is -2.69. The van der Waals surface area contributed by atoms with Crippen LogP contribution >= 0.6 is 0 Å². The minimum Gasteiger partial charge on any atom is -0.507 e. The number of hydrogen-bond acceptors (Lipinski definition) is 4. The number of amides is 1. The molecule has 0 bridgehead atoms. The van der Waals surface area contributed by atoms with Gasteiger partial charge in [-0.15, -0.1) is 0 Å². The average molecular weight is 341 g/mol. The molecule has 0 unspecified atom stereocenters. The Bertz CT molecular complexity index is 752. The maximum Gasteiger partial charge on any atom is 0.261 e. The second-order valence-electron chi connectivity index (χ2n) is 6.22. The molecular weight excluding hydrogens is 318 g/mol. The smallest absolute Gasteiger partial charge is 0.261 e. The predicted molar refractivity (Wildman–Crippen MR) is 95.1 cm³/mol. The molecule has 0 aliphatic carbocycles. The topological polar surface area (TPSA) is 70.0 Å². The van der Waals surface area contributed by atoms with E-state index < -0.39 is 0 Å². The fourth-order valence-corrected chi connectivity index (χ4v) is 3.19. The molecule has 2 aromatic rings. The molecule has 1 saturated heterocycles. The highest BCUT2D eigenvalue weighted by Gasteiger charge is 2.28.